The van der Waals surface area contributed by atoms with Crippen LogP contribution in [0.2, 0.25) is 0 Å². The summed E-state index contributed by atoms with van der Waals surface area (Å²) < 4.78 is 46.1. The number of nitrogens with one attached hydrogen (secondary N) is 2. The molecule has 2 N–H and O–H groups in total. The largest absolute Gasteiger partial charge is 0.439 e. The van der Waals surface area contributed by atoms with Gasteiger partial charge in [-0.25, -0.2) is 4.79 Å². The van der Waals surface area contributed by atoms with Gasteiger partial charge in [-0.15, -0.1) is 0 Å². The van der Waals surface area contributed by atoms with Crippen LogP contribution >= 0.6 is 0 Å². The van der Waals surface area contributed by atoms with Gasteiger partial charge in [-0.3, -0.25) is 23.7 Å². The van der Waals surface area contributed by atoms with Gasteiger partial charge in [-0.05, 0) is 6.92 Å². The molecule has 0 saturated heterocycles. The predicted molar refractivity (Wildman–Crippen MR) is 84.6 cm³/mol. The topological polar surface area (TPSA) is 124 Å². The summed E-state index contributed by atoms with van der Waals surface area (Å²) in [6.07, 6.45) is -2.20. The van der Waals surface area contributed by atoms with Crippen LogP contribution in [0.5, 0.6) is 0 Å². The highest BCUT2D eigenvalue weighted by molar-refractivity contribution is 5.97. The highest BCUT2D eigenvalue weighted by atomic mass is 19.4. The van der Waals surface area contributed by atoms with Crippen molar-refractivity contribution < 1.29 is 22.5 Å². The second-order valence-corrected chi connectivity index (χ2v) is 5.79. The molecule has 3 rings (SSSR count). The molecule has 0 spiro atoms. The van der Waals surface area contributed by atoms with Crippen molar-refractivity contribution >= 4 is 11.7 Å². The quantitative estimate of drug-likeness (QED) is 0.697. The van der Waals surface area contributed by atoms with Crippen molar-refractivity contribution in [3.05, 3.63) is 34.2 Å². The average Bonchev–Trinajstić information content (AvgIpc) is 3.24. The molecular formula is C14H14F3N7O3. The number of aryl methyl sites for hydroxylation is 2. The fourth-order valence-electron chi connectivity index (χ4n) is 2.58. The van der Waals surface area contributed by atoms with E-state index in [0.29, 0.717) is 4.68 Å². The van der Waals surface area contributed by atoms with Gasteiger partial charge in [-0.2, -0.15) is 23.4 Å². The number of alkyl halides is 3. The van der Waals surface area contributed by atoms with Gasteiger partial charge in [-0.1, -0.05) is 5.16 Å². The maximum Gasteiger partial charge on any atom is 0.439 e. The first-order chi connectivity index (χ1) is 12.6. The number of hydrogen-bond donors (Lipinski definition) is 2. The summed E-state index contributed by atoms with van der Waals surface area (Å²) in [6, 6.07) is 0. The van der Waals surface area contributed by atoms with Gasteiger partial charge in [0, 0.05) is 25.9 Å². The van der Waals surface area contributed by atoms with Crippen molar-refractivity contribution in [2.45, 2.75) is 19.0 Å². The molecule has 3 heterocycles. The van der Waals surface area contributed by atoms with E-state index >= 15 is 0 Å². The van der Waals surface area contributed by atoms with Crippen LogP contribution in [0, 0.1) is 0 Å². The van der Waals surface area contributed by atoms with Crippen LogP contribution in [0.15, 0.2) is 21.7 Å². The molecular weight excluding hydrogens is 371 g/mol. The minimum atomic E-state index is -4.66. The minimum absolute atomic E-state index is 0.0105. The van der Waals surface area contributed by atoms with Crippen molar-refractivity contribution in [3.8, 4) is 11.4 Å². The van der Waals surface area contributed by atoms with Crippen LogP contribution in [0.1, 0.15) is 24.1 Å². The van der Waals surface area contributed by atoms with E-state index in [-0.39, 0.29) is 22.8 Å². The van der Waals surface area contributed by atoms with Crippen molar-refractivity contribution in [2.24, 2.45) is 14.1 Å². The van der Waals surface area contributed by atoms with Crippen LogP contribution in [-0.2, 0) is 25.1 Å². The number of amides is 1. The molecule has 0 bridgehead atoms. The maximum atomic E-state index is 13.2. The number of hydrogen-bond acceptors (Lipinski definition) is 6. The zero-order chi connectivity index (χ0) is 19.9. The number of nitrogens with zero attached hydrogens (tertiary/aromatic N) is 5. The van der Waals surface area contributed by atoms with Crippen LogP contribution in [0.3, 0.4) is 0 Å². The van der Waals surface area contributed by atoms with E-state index < -0.39 is 29.5 Å². The van der Waals surface area contributed by atoms with Gasteiger partial charge in [0.2, 0.25) is 5.91 Å². The molecule has 3 aromatic rings. The lowest BCUT2D eigenvalue weighted by Gasteiger charge is -2.14. The summed E-state index contributed by atoms with van der Waals surface area (Å²) in [6.45, 7) is 1.32. The Balaban J connectivity index is 1.90. The lowest BCUT2D eigenvalue weighted by atomic mass is 10.0. The Morgan fingerprint density at radius 3 is 2.67 bits per heavy atom. The Hall–Kier alpha value is -3.38. The molecule has 10 nitrogen and oxygen atoms in total. The van der Waals surface area contributed by atoms with E-state index in [4.69, 9.17) is 0 Å². The number of rotatable bonds is 4. The SMILES string of the molecule is CC(C(=O)Nc1nn(C)cc1-c1noc(=O)[nH]1)c1cnn(C)c1C(F)(F)F. The Morgan fingerprint density at radius 1 is 1.37 bits per heavy atom. The van der Waals surface area contributed by atoms with Crippen LogP contribution in [0.4, 0.5) is 19.0 Å². The molecule has 0 fully saturated rings. The molecule has 27 heavy (non-hydrogen) atoms. The number of aromatic nitrogens is 6. The highest BCUT2D eigenvalue weighted by Crippen LogP contribution is 2.35. The van der Waals surface area contributed by atoms with Crippen molar-refractivity contribution in [1.29, 1.82) is 0 Å². The van der Waals surface area contributed by atoms with Gasteiger partial charge in [0.25, 0.3) is 0 Å². The Bertz CT molecular complexity index is 1040. The Kier molecular flexibility index (Phi) is 4.37. The fraction of sp³-hybridized carbons (Fsp3) is 0.357. The lowest BCUT2D eigenvalue weighted by Crippen LogP contribution is -2.23. The second kappa shape index (κ2) is 6.41. The number of carbonyl (C=O) groups excluding carboxylic acids is 1. The molecule has 13 heteroatoms. The molecule has 1 unspecified atom stereocenters. The molecule has 0 aliphatic heterocycles. The predicted octanol–water partition coefficient (Wildman–Crippen LogP) is 1.26. The van der Waals surface area contributed by atoms with Crippen LogP contribution in [-0.4, -0.2) is 35.6 Å². The molecule has 3 aromatic heterocycles. The first-order valence-electron chi connectivity index (χ1n) is 7.58. The maximum absolute atomic E-state index is 13.2. The number of carbonyl (C=O) groups is 1. The van der Waals surface area contributed by atoms with Crippen LogP contribution in [0.25, 0.3) is 11.4 Å². The third kappa shape index (κ3) is 3.47. The van der Waals surface area contributed by atoms with E-state index in [2.05, 4.69) is 30.2 Å². The summed E-state index contributed by atoms with van der Waals surface area (Å²) in [5.41, 5.74) is -1.03. The first kappa shape index (κ1) is 18.4. The van der Waals surface area contributed by atoms with E-state index in [1.165, 1.54) is 17.8 Å². The molecule has 0 radical (unpaired) electrons. The first-order valence-corrected chi connectivity index (χ1v) is 7.58. The van der Waals surface area contributed by atoms with Gasteiger partial charge in [0.15, 0.2) is 11.6 Å². The number of aromatic amines is 1. The monoisotopic (exact) mass is 385 g/mol. The third-order valence-corrected chi connectivity index (χ3v) is 3.86. The zero-order valence-corrected chi connectivity index (χ0v) is 14.3. The van der Waals surface area contributed by atoms with Crippen molar-refractivity contribution in [1.82, 2.24) is 29.7 Å². The molecule has 144 valence electrons. The highest BCUT2D eigenvalue weighted by Gasteiger charge is 2.39. The summed E-state index contributed by atoms with van der Waals surface area (Å²) in [7, 11) is 2.71. The number of H-pyrrole nitrogens is 1. The van der Waals surface area contributed by atoms with Gasteiger partial charge >= 0.3 is 11.9 Å². The lowest BCUT2D eigenvalue weighted by molar-refractivity contribution is -0.144. The number of anilines is 1. The summed E-state index contributed by atoms with van der Waals surface area (Å²) in [5.74, 6) is -2.67. The molecule has 0 saturated carbocycles. The van der Waals surface area contributed by atoms with E-state index in [1.807, 2.05) is 0 Å². The summed E-state index contributed by atoms with van der Waals surface area (Å²) >= 11 is 0. The molecule has 0 aliphatic carbocycles. The summed E-state index contributed by atoms with van der Waals surface area (Å²) in [4.78, 5) is 25.9. The zero-order valence-electron chi connectivity index (χ0n) is 14.3. The summed E-state index contributed by atoms with van der Waals surface area (Å²) in [5, 5.41) is 13.6. The molecule has 1 amide bonds. The Labute approximate surface area is 149 Å². The van der Waals surface area contributed by atoms with E-state index in [9.17, 15) is 22.8 Å². The fourth-order valence-corrected chi connectivity index (χ4v) is 2.58. The third-order valence-electron chi connectivity index (χ3n) is 3.86. The van der Waals surface area contributed by atoms with Crippen molar-refractivity contribution in [2.75, 3.05) is 5.32 Å². The van der Waals surface area contributed by atoms with E-state index in [1.54, 1.807) is 7.05 Å². The van der Waals surface area contributed by atoms with Crippen molar-refractivity contribution in [3.63, 3.8) is 0 Å². The minimum Gasteiger partial charge on any atom is -0.308 e. The standard InChI is InChI=1S/C14H14F3N7O3/c1-6(7-4-18-24(3)9(7)14(15,16)17)12(25)19-10-8(5-23(2)21-10)11-20-13(26)27-22-11/h4-6H,1-3H3,(H,19,21,25)(H,20,22,26). The smallest absolute Gasteiger partial charge is 0.308 e. The van der Waals surface area contributed by atoms with Gasteiger partial charge < -0.3 is 5.32 Å². The Morgan fingerprint density at radius 2 is 2.07 bits per heavy atom. The molecule has 1 atom stereocenters. The number of halogens is 3. The van der Waals surface area contributed by atoms with Crippen LogP contribution < -0.4 is 11.1 Å². The molecule has 0 aromatic carbocycles. The normalized spacial score (nSPS) is 13.0. The van der Waals surface area contributed by atoms with E-state index in [0.717, 1.165) is 13.2 Å². The van der Waals surface area contributed by atoms with Gasteiger partial charge in [0.1, 0.15) is 5.69 Å². The molecule has 0 aliphatic rings. The van der Waals surface area contributed by atoms with Gasteiger partial charge in [0.05, 0.1) is 17.7 Å². The average molecular weight is 385 g/mol. The second-order valence-electron chi connectivity index (χ2n) is 5.79.